The van der Waals surface area contributed by atoms with E-state index in [0.717, 1.165) is 6.54 Å². The Balaban J connectivity index is 2.08. The van der Waals surface area contributed by atoms with Crippen LogP contribution in [0, 0.1) is 5.92 Å². The van der Waals surface area contributed by atoms with Gasteiger partial charge < -0.3 is 5.73 Å². The van der Waals surface area contributed by atoms with Crippen LogP contribution in [0.4, 0.5) is 0 Å². The standard InChI is InChI=1S/C10H15N3O/c11-6-10(14)9-4-5-12-13(9)7-8-2-1-3-8/h4-5,8H,1-3,6-7,11H2. The third-order valence-corrected chi connectivity index (χ3v) is 2.84. The van der Waals surface area contributed by atoms with Crippen molar-refractivity contribution in [3.8, 4) is 0 Å². The lowest BCUT2D eigenvalue weighted by Gasteiger charge is -2.25. The normalized spacial score (nSPS) is 16.6. The Hall–Kier alpha value is -1.16. The number of aromatic nitrogens is 2. The zero-order chi connectivity index (χ0) is 9.97. The highest BCUT2D eigenvalue weighted by Crippen LogP contribution is 2.27. The molecule has 1 aromatic rings. The van der Waals surface area contributed by atoms with Crippen LogP contribution in [0.5, 0.6) is 0 Å². The van der Waals surface area contributed by atoms with Crippen molar-refractivity contribution in [1.29, 1.82) is 0 Å². The van der Waals surface area contributed by atoms with Crippen molar-refractivity contribution in [2.75, 3.05) is 6.54 Å². The van der Waals surface area contributed by atoms with Crippen molar-refractivity contribution in [1.82, 2.24) is 9.78 Å². The lowest BCUT2D eigenvalue weighted by Crippen LogP contribution is -2.24. The second-order valence-corrected chi connectivity index (χ2v) is 3.82. The number of carbonyl (C=O) groups is 1. The second kappa shape index (κ2) is 3.92. The van der Waals surface area contributed by atoms with E-state index in [2.05, 4.69) is 5.10 Å². The van der Waals surface area contributed by atoms with Crippen LogP contribution in [0.2, 0.25) is 0 Å². The Morgan fingerprint density at radius 3 is 3.00 bits per heavy atom. The average molecular weight is 193 g/mol. The number of Topliss-reactive ketones (excluding diaryl/α,β-unsaturated/α-hetero) is 1. The van der Waals surface area contributed by atoms with Crippen LogP contribution in [0.15, 0.2) is 12.3 Å². The molecule has 1 saturated carbocycles. The summed E-state index contributed by atoms with van der Waals surface area (Å²) in [5, 5.41) is 4.15. The monoisotopic (exact) mass is 193 g/mol. The lowest BCUT2D eigenvalue weighted by atomic mass is 9.85. The van der Waals surface area contributed by atoms with Gasteiger partial charge in [0.25, 0.3) is 0 Å². The minimum Gasteiger partial charge on any atom is -0.324 e. The molecule has 2 N–H and O–H groups in total. The van der Waals surface area contributed by atoms with E-state index >= 15 is 0 Å². The molecule has 4 heteroatoms. The minimum absolute atomic E-state index is 0.0261. The van der Waals surface area contributed by atoms with Crippen molar-refractivity contribution in [3.63, 3.8) is 0 Å². The Morgan fingerprint density at radius 1 is 1.64 bits per heavy atom. The summed E-state index contributed by atoms with van der Waals surface area (Å²) in [6.07, 6.45) is 5.50. The smallest absolute Gasteiger partial charge is 0.194 e. The second-order valence-electron chi connectivity index (χ2n) is 3.82. The number of nitrogens with two attached hydrogens (primary N) is 1. The molecule has 0 aliphatic heterocycles. The van der Waals surface area contributed by atoms with Crippen LogP contribution in [0.25, 0.3) is 0 Å². The maximum absolute atomic E-state index is 11.4. The van der Waals surface area contributed by atoms with E-state index in [1.807, 2.05) is 0 Å². The molecule has 0 unspecified atom stereocenters. The third kappa shape index (κ3) is 1.70. The Kier molecular flexibility index (Phi) is 2.63. The predicted octanol–water partition coefficient (Wildman–Crippen LogP) is 0.825. The van der Waals surface area contributed by atoms with E-state index in [0.29, 0.717) is 11.6 Å². The number of nitrogens with zero attached hydrogens (tertiary/aromatic N) is 2. The maximum Gasteiger partial charge on any atom is 0.194 e. The van der Waals surface area contributed by atoms with Crippen LogP contribution >= 0.6 is 0 Å². The molecule has 0 atom stereocenters. The molecule has 0 saturated heterocycles. The zero-order valence-corrected chi connectivity index (χ0v) is 8.15. The van der Waals surface area contributed by atoms with Crippen molar-refractivity contribution < 1.29 is 4.79 Å². The summed E-state index contributed by atoms with van der Waals surface area (Å²) in [6.45, 7) is 0.935. The van der Waals surface area contributed by atoms with E-state index < -0.39 is 0 Å². The molecule has 0 radical (unpaired) electrons. The largest absolute Gasteiger partial charge is 0.324 e. The summed E-state index contributed by atoms with van der Waals surface area (Å²) in [5.41, 5.74) is 5.97. The lowest BCUT2D eigenvalue weighted by molar-refractivity contribution is 0.0988. The molecule has 1 aliphatic carbocycles. The van der Waals surface area contributed by atoms with Gasteiger partial charge in [0, 0.05) is 12.7 Å². The quantitative estimate of drug-likeness (QED) is 0.720. The molecule has 0 amide bonds. The molecule has 1 aromatic heterocycles. The summed E-state index contributed by atoms with van der Waals surface area (Å²) in [5.74, 6) is 0.682. The van der Waals surface area contributed by atoms with E-state index in [9.17, 15) is 4.79 Å². The Morgan fingerprint density at radius 2 is 2.43 bits per heavy atom. The van der Waals surface area contributed by atoms with Crippen molar-refractivity contribution >= 4 is 5.78 Å². The fourth-order valence-corrected chi connectivity index (χ4v) is 1.74. The molecule has 1 heterocycles. The van der Waals surface area contributed by atoms with Gasteiger partial charge in [0.2, 0.25) is 0 Å². The molecule has 0 spiro atoms. The summed E-state index contributed by atoms with van der Waals surface area (Å²) >= 11 is 0. The molecule has 76 valence electrons. The van der Waals surface area contributed by atoms with Gasteiger partial charge in [0.1, 0.15) is 5.69 Å². The summed E-state index contributed by atoms with van der Waals surface area (Å²) in [7, 11) is 0. The van der Waals surface area contributed by atoms with Gasteiger partial charge >= 0.3 is 0 Å². The van der Waals surface area contributed by atoms with E-state index in [1.165, 1.54) is 19.3 Å². The zero-order valence-electron chi connectivity index (χ0n) is 8.15. The number of hydrogen-bond acceptors (Lipinski definition) is 3. The number of hydrogen-bond donors (Lipinski definition) is 1. The van der Waals surface area contributed by atoms with E-state index in [1.54, 1.807) is 16.9 Å². The molecule has 2 rings (SSSR count). The van der Waals surface area contributed by atoms with Gasteiger partial charge in [0.05, 0.1) is 6.54 Å². The molecule has 1 aliphatic rings. The summed E-state index contributed by atoms with van der Waals surface area (Å²) < 4.78 is 1.79. The van der Waals surface area contributed by atoms with Crippen molar-refractivity contribution in [3.05, 3.63) is 18.0 Å². The first-order valence-electron chi connectivity index (χ1n) is 5.06. The molecule has 1 fully saturated rings. The molecular weight excluding hydrogens is 178 g/mol. The first-order chi connectivity index (χ1) is 6.81. The molecular formula is C10H15N3O. The fraction of sp³-hybridized carbons (Fsp3) is 0.600. The van der Waals surface area contributed by atoms with Crippen molar-refractivity contribution in [2.45, 2.75) is 25.8 Å². The maximum atomic E-state index is 11.4. The summed E-state index contributed by atoms with van der Waals surface area (Å²) in [4.78, 5) is 11.4. The van der Waals surface area contributed by atoms with Crippen LogP contribution < -0.4 is 5.73 Å². The van der Waals surface area contributed by atoms with Gasteiger partial charge in [-0.05, 0) is 24.8 Å². The fourth-order valence-electron chi connectivity index (χ4n) is 1.74. The third-order valence-electron chi connectivity index (χ3n) is 2.84. The molecule has 0 aromatic carbocycles. The van der Waals surface area contributed by atoms with Gasteiger partial charge in [-0.15, -0.1) is 0 Å². The summed E-state index contributed by atoms with van der Waals surface area (Å²) in [6, 6.07) is 1.74. The highest BCUT2D eigenvalue weighted by Gasteiger charge is 2.20. The van der Waals surface area contributed by atoms with Crippen LogP contribution in [0.3, 0.4) is 0 Å². The number of carbonyl (C=O) groups excluding carboxylic acids is 1. The molecule has 0 bridgehead atoms. The van der Waals surface area contributed by atoms with Gasteiger partial charge in [-0.25, -0.2) is 0 Å². The average Bonchev–Trinajstić information content (AvgIpc) is 2.58. The Bertz CT molecular complexity index is 328. The van der Waals surface area contributed by atoms with E-state index in [-0.39, 0.29) is 12.3 Å². The topological polar surface area (TPSA) is 60.9 Å². The molecule has 14 heavy (non-hydrogen) atoms. The first kappa shape index (κ1) is 9.40. The highest BCUT2D eigenvalue weighted by atomic mass is 16.1. The van der Waals surface area contributed by atoms with Crippen LogP contribution in [-0.2, 0) is 6.54 Å². The predicted molar refractivity (Wildman–Crippen MR) is 53.0 cm³/mol. The van der Waals surface area contributed by atoms with Gasteiger partial charge in [0.15, 0.2) is 5.78 Å². The van der Waals surface area contributed by atoms with Crippen LogP contribution in [0.1, 0.15) is 29.8 Å². The minimum atomic E-state index is -0.0261. The van der Waals surface area contributed by atoms with Gasteiger partial charge in [-0.1, -0.05) is 6.42 Å². The van der Waals surface area contributed by atoms with Crippen molar-refractivity contribution in [2.24, 2.45) is 11.7 Å². The number of ketones is 1. The number of rotatable bonds is 4. The van der Waals surface area contributed by atoms with Gasteiger partial charge in [-0.2, -0.15) is 5.10 Å². The van der Waals surface area contributed by atoms with Crippen LogP contribution in [-0.4, -0.2) is 22.1 Å². The van der Waals surface area contributed by atoms with Gasteiger partial charge in [-0.3, -0.25) is 9.48 Å². The molecule has 4 nitrogen and oxygen atoms in total. The first-order valence-corrected chi connectivity index (χ1v) is 5.06. The van der Waals surface area contributed by atoms with E-state index in [4.69, 9.17) is 5.73 Å². The highest BCUT2D eigenvalue weighted by molar-refractivity contribution is 5.95. The SMILES string of the molecule is NCC(=O)c1ccnn1CC1CCC1. The Labute approximate surface area is 83.1 Å².